The van der Waals surface area contributed by atoms with Crippen molar-refractivity contribution in [2.75, 3.05) is 44.6 Å². The fourth-order valence-electron chi connectivity index (χ4n) is 6.76. The molecule has 0 radical (unpaired) electrons. The molecule has 1 amide bonds. The van der Waals surface area contributed by atoms with Crippen molar-refractivity contribution in [1.29, 1.82) is 0 Å². The van der Waals surface area contributed by atoms with Gasteiger partial charge in [-0.05, 0) is 50.6 Å². The van der Waals surface area contributed by atoms with Gasteiger partial charge in [-0.15, -0.1) is 0 Å². The van der Waals surface area contributed by atoms with Gasteiger partial charge in [-0.2, -0.15) is 5.10 Å². The standard InChI is InChI=1S/C29H36N6O3.ClH/c1-29(23-8-4-2-5-9-23,33-14-6-3-7-15-33)28(37)38-25-19-35(16-12-22(25)13-17-35)20-27(36)32-24-10-11-26-30-21-31-34(26)18-24;/h2,4-5,8-11,18,21-22,25H,3,6-7,12-17,19-20H2,1H3;1H/t22?,25-,29-,35?;/m0./s1. The van der Waals surface area contributed by atoms with Gasteiger partial charge in [-0.25, -0.2) is 14.3 Å². The molecule has 208 valence electrons. The van der Waals surface area contributed by atoms with Crippen molar-refractivity contribution >= 4 is 23.2 Å². The van der Waals surface area contributed by atoms with Crippen LogP contribution in [0.1, 0.15) is 44.6 Å². The second kappa shape index (κ2) is 11.2. The first kappa shape index (κ1) is 27.6. The van der Waals surface area contributed by atoms with Gasteiger partial charge < -0.3 is 26.9 Å². The van der Waals surface area contributed by atoms with Crippen molar-refractivity contribution < 1.29 is 31.2 Å². The number of fused-ring (bicyclic) bond motifs is 4. The number of likely N-dealkylation sites (tertiary alicyclic amines) is 1. The first-order valence-electron chi connectivity index (χ1n) is 13.9. The number of anilines is 1. The summed E-state index contributed by atoms with van der Waals surface area (Å²) in [6, 6.07) is 13.8. The molecule has 0 saturated carbocycles. The highest BCUT2D eigenvalue weighted by atomic mass is 35.5. The number of piperidine rings is 4. The highest BCUT2D eigenvalue weighted by Gasteiger charge is 2.51. The molecule has 2 atom stereocenters. The molecule has 6 heterocycles. The first-order valence-corrected chi connectivity index (χ1v) is 13.9. The van der Waals surface area contributed by atoms with Crippen molar-refractivity contribution in [1.82, 2.24) is 19.5 Å². The maximum Gasteiger partial charge on any atom is 0.331 e. The molecule has 4 fully saturated rings. The molecule has 3 aromatic rings. The van der Waals surface area contributed by atoms with Crippen molar-refractivity contribution in [3.63, 3.8) is 0 Å². The summed E-state index contributed by atoms with van der Waals surface area (Å²) in [5.41, 5.74) is 1.61. The van der Waals surface area contributed by atoms with Gasteiger partial charge in [-0.3, -0.25) is 9.69 Å². The summed E-state index contributed by atoms with van der Waals surface area (Å²) in [4.78, 5) is 33.6. The Hall–Kier alpha value is -3.01. The number of esters is 1. The summed E-state index contributed by atoms with van der Waals surface area (Å²) in [6.07, 6.45) is 8.45. The molecule has 4 saturated heterocycles. The predicted octanol–water partition coefficient (Wildman–Crippen LogP) is 0.225. The van der Waals surface area contributed by atoms with Crippen LogP contribution in [0.15, 0.2) is 55.0 Å². The number of quaternary nitrogens is 1. The molecule has 39 heavy (non-hydrogen) atoms. The Morgan fingerprint density at radius 2 is 1.82 bits per heavy atom. The van der Waals surface area contributed by atoms with Crippen LogP contribution in [0.5, 0.6) is 0 Å². The summed E-state index contributed by atoms with van der Waals surface area (Å²) in [7, 11) is 0. The zero-order chi connectivity index (χ0) is 26.2. The highest BCUT2D eigenvalue weighted by molar-refractivity contribution is 5.91. The average Bonchev–Trinajstić information content (AvgIpc) is 3.42. The molecule has 1 N–H and O–H groups in total. The number of hydrogen-bond donors (Lipinski definition) is 1. The lowest BCUT2D eigenvalue weighted by molar-refractivity contribution is -0.939. The number of hydrogen-bond acceptors (Lipinski definition) is 6. The van der Waals surface area contributed by atoms with Gasteiger partial charge in [0, 0.05) is 18.8 Å². The minimum atomic E-state index is -0.810. The number of nitrogens with one attached hydrogen (secondary N) is 1. The lowest BCUT2D eigenvalue weighted by Gasteiger charge is -2.52. The van der Waals surface area contributed by atoms with Gasteiger partial charge in [0.25, 0.3) is 5.91 Å². The highest BCUT2D eigenvalue weighted by Crippen LogP contribution is 2.38. The van der Waals surface area contributed by atoms with Crippen LogP contribution in [0.2, 0.25) is 0 Å². The Labute approximate surface area is 235 Å². The summed E-state index contributed by atoms with van der Waals surface area (Å²) in [5, 5.41) is 7.18. The number of aromatic nitrogens is 3. The van der Waals surface area contributed by atoms with Crippen LogP contribution in [-0.4, -0.2) is 81.2 Å². The van der Waals surface area contributed by atoms with Crippen LogP contribution < -0.4 is 17.7 Å². The number of halogens is 1. The topological polar surface area (TPSA) is 88.8 Å². The zero-order valence-corrected chi connectivity index (χ0v) is 23.2. The second-order valence-electron chi connectivity index (χ2n) is 11.4. The lowest BCUT2D eigenvalue weighted by atomic mass is 9.82. The van der Waals surface area contributed by atoms with Gasteiger partial charge >= 0.3 is 5.97 Å². The molecule has 9 nitrogen and oxygen atoms in total. The lowest BCUT2D eigenvalue weighted by Crippen LogP contribution is -3.00. The van der Waals surface area contributed by atoms with E-state index in [2.05, 4.69) is 20.3 Å². The fourth-order valence-corrected chi connectivity index (χ4v) is 6.76. The van der Waals surface area contributed by atoms with E-state index < -0.39 is 5.54 Å². The summed E-state index contributed by atoms with van der Waals surface area (Å²) in [6.45, 7) is 6.77. The number of amides is 1. The third-order valence-electron chi connectivity index (χ3n) is 9.06. The Morgan fingerprint density at radius 3 is 2.56 bits per heavy atom. The molecule has 2 aromatic heterocycles. The van der Waals surface area contributed by atoms with E-state index in [1.807, 2.05) is 49.4 Å². The minimum absolute atomic E-state index is 0. The SMILES string of the molecule is C[C@@](C(=O)O[C@H]1C[N+]2(CC(=O)Nc3ccc4ncnn4c3)CCC1CC2)(c1ccccc1)N1CCCCC1.[Cl-]. The van der Waals surface area contributed by atoms with Crippen LogP contribution in [0.3, 0.4) is 0 Å². The van der Waals surface area contributed by atoms with E-state index in [1.54, 1.807) is 10.7 Å². The molecule has 0 unspecified atom stereocenters. The number of nitrogens with zero attached hydrogens (tertiary/aromatic N) is 5. The molecule has 2 bridgehead atoms. The van der Waals surface area contributed by atoms with E-state index in [0.29, 0.717) is 29.2 Å². The van der Waals surface area contributed by atoms with Crippen LogP contribution >= 0.6 is 0 Å². The van der Waals surface area contributed by atoms with Crippen LogP contribution in [0.4, 0.5) is 5.69 Å². The maximum atomic E-state index is 14.0. The summed E-state index contributed by atoms with van der Waals surface area (Å²) < 4.78 is 8.73. The van der Waals surface area contributed by atoms with E-state index in [1.165, 1.54) is 12.7 Å². The largest absolute Gasteiger partial charge is 1.00 e. The Bertz CT molecular complexity index is 1300. The number of rotatable bonds is 7. The number of ether oxygens (including phenoxy) is 1. The maximum absolute atomic E-state index is 14.0. The molecule has 0 aliphatic carbocycles. The first-order chi connectivity index (χ1) is 18.5. The molecule has 4 aliphatic heterocycles. The van der Waals surface area contributed by atoms with Crippen LogP contribution in [0.25, 0.3) is 5.65 Å². The van der Waals surface area contributed by atoms with Crippen LogP contribution in [-0.2, 0) is 19.9 Å². The molecule has 10 heteroatoms. The van der Waals surface area contributed by atoms with E-state index in [9.17, 15) is 9.59 Å². The van der Waals surface area contributed by atoms with Crippen molar-refractivity contribution in [2.45, 2.75) is 50.7 Å². The van der Waals surface area contributed by atoms with Gasteiger partial charge in [0.1, 0.15) is 18.4 Å². The van der Waals surface area contributed by atoms with E-state index in [-0.39, 0.29) is 30.4 Å². The minimum Gasteiger partial charge on any atom is -1.00 e. The summed E-state index contributed by atoms with van der Waals surface area (Å²) >= 11 is 0. The van der Waals surface area contributed by atoms with Crippen molar-refractivity contribution in [3.05, 3.63) is 60.6 Å². The molecule has 1 aromatic carbocycles. The zero-order valence-electron chi connectivity index (χ0n) is 22.5. The Morgan fingerprint density at radius 1 is 1.08 bits per heavy atom. The number of benzene rings is 1. The average molecular weight is 553 g/mol. The quantitative estimate of drug-likeness (QED) is 0.333. The van der Waals surface area contributed by atoms with Gasteiger partial charge in [-0.1, -0.05) is 36.8 Å². The molecule has 0 spiro atoms. The Kier molecular flexibility index (Phi) is 7.94. The monoisotopic (exact) mass is 552 g/mol. The molecule has 7 rings (SSSR count). The second-order valence-corrected chi connectivity index (χ2v) is 11.4. The van der Waals surface area contributed by atoms with Crippen molar-refractivity contribution in [2.24, 2.45) is 5.92 Å². The van der Waals surface area contributed by atoms with Crippen molar-refractivity contribution in [3.8, 4) is 0 Å². The van der Waals surface area contributed by atoms with Gasteiger partial charge in [0.15, 0.2) is 18.3 Å². The third kappa shape index (κ3) is 5.40. The van der Waals surface area contributed by atoms with Gasteiger partial charge in [0.05, 0.1) is 25.0 Å². The smallest absolute Gasteiger partial charge is 0.331 e. The van der Waals surface area contributed by atoms with Gasteiger partial charge in [0.2, 0.25) is 0 Å². The third-order valence-corrected chi connectivity index (χ3v) is 9.06. The molecular weight excluding hydrogens is 516 g/mol. The number of carbonyl (C=O) groups is 2. The fraction of sp³-hybridized carbons (Fsp3) is 0.517. The van der Waals surface area contributed by atoms with E-state index >= 15 is 0 Å². The normalized spacial score (nSPS) is 26.4. The molecule has 4 aliphatic rings. The summed E-state index contributed by atoms with van der Waals surface area (Å²) in [5.74, 6) is 0.170. The van der Waals surface area contributed by atoms with E-state index in [0.717, 1.165) is 63.1 Å². The Balaban J connectivity index is 0.00000308. The number of pyridine rings is 1. The molecular formula is C29H37ClN6O3. The number of carbonyl (C=O) groups excluding carboxylic acids is 2. The van der Waals surface area contributed by atoms with Crippen LogP contribution in [0, 0.1) is 5.92 Å². The van der Waals surface area contributed by atoms with E-state index in [4.69, 9.17) is 4.74 Å². The predicted molar refractivity (Wildman–Crippen MR) is 143 cm³/mol.